The summed E-state index contributed by atoms with van der Waals surface area (Å²) in [6.07, 6.45) is -1.55. The van der Waals surface area contributed by atoms with Crippen molar-refractivity contribution in [2.45, 2.75) is 13.0 Å². The van der Waals surface area contributed by atoms with E-state index in [1.807, 2.05) is 0 Å². The minimum Gasteiger partial charge on any atom is -0.479 e. The molecule has 76 valence electrons. The molecular formula is C9H8BrClO3. The molecule has 0 aliphatic heterocycles. The van der Waals surface area contributed by atoms with Crippen LogP contribution in [0.15, 0.2) is 16.6 Å². The average molecular weight is 280 g/mol. The molecule has 0 saturated heterocycles. The molecule has 1 aromatic carbocycles. The number of carboxylic acids is 1. The summed E-state index contributed by atoms with van der Waals surface area (Å²) in [7, 11) is 0. The Morgan fingerprint density at radius 2 is 2.14 bits per heavy atom. The normalized spacial score (nSPS) is 12.6. The van der Waals surface area contributed by atoms with Crippen LogP contribution >= 0.6 is 27.5 Å². The highest BCUT2D eigenvalue weighted by Gasteiger charge is 2.22. The minimum atomic E-state index is -1.55. The summed E-state index contributed by atoms with van der Waals surface area (Å²) in [5.74, 6) is -1.30. The van der Waals surface area contributed by atoms with Gasteiger partial charge in [-0.15, -0.1) is 0 Å². The number of halogens is 2. The van der Waals surface area contributed by atoms with Gasteiger partial charge in [-0.3, -0.25) is 0 Å². The lowest BCUT2D eigenvalue weighted by atomic mass is 10.0. The summed E-state index contributed by atoms with van der Waals surface area (Å²) in [4.78, 5) is 10.6. The predicted octanol–water partition coefficient (Wildman–Crippen LogP) is 2.53. The van der Waals surface area contributed by atoms with Gasteiger partial charge in [-0.25, -0.2) is 4.79 Å². The molecule has 5 heteroatoms. The van der Waals surface area contributed by atoms with Gasteiger partial charge in [-0.05, 0) is 34.5 Å². The van der Waals surface area contributed by atoms with Crippen LogP contribution in [0.2, 0.25) is 5.02 Å². The number of carbonyl (C=O) groups is 1. The van der Waals surface area contributed by atoms with Crippen molar-refractivity contribution >= 4 is 33.5 Å². The number of rotatable bonds is 2. The fourth-order valence-corrected chi connectivity index (χ4v) is 1.95. The monoisotopic (exact) mass is 278 g/mol. The van der Waals surface area contributed by atoms with Crippen molar-refractivity contribution in [3.8, 4) is 0 Å². The van der Waals surface area contributed by atoms with Gasteiger partial charge in [0.1, 0.15) is 0 Å². The lowest BCUT2D eigenvalue weighted by molar-refractivity contribution is -0.147. The Morgan fingerprint density at radius 3 is 2.64 bits per heavy atom. The minimum absolute atomic E-state index is 0.296. The first-order valence-electron chi connectivity index (χ1n) is 3.80. The molecular weight excluding hydrogens is 271 g/mol. The second-order valence-corrected chi connectivity index (χ2v) is 4.03. The maximum absolute atomic E-state index is 10.6. The van der Waals surface area contributed by atoms with Crippen molar-refractivity contribution in [2.75, 3.05) is 0 Å². The van der Waals surface area contributed by atoms with Gasteiger partial charge in [-0.2, -0.15) is 0 Å². The Bertz CT molecular complexity index is 379. The van der Waals surface area contributed by atoms with E-state index >= 15 is 0 Å². The van der Waals surface area contributed by atoms with Crippen molar-refractivity contribution in [1.29, 1.82) is 0 Å². The van der Waals surface area contributed by atoms with Gasteiger partial charge in [0.25, 0.3) is 0 Å². The van der Waals surface area contributed by atoms with Crippen molar-refractivity contribution < 1.29 is 15.0 Å². The van der Waals surface area contributed by atoms with Crippen molar-refractivity contribution in [2.24, 2.45) is 0 Å². The van der Waals surface area contributed by atoms with Crippen molar-refractivity contribution in [3.63, 3.8) is 0 Å². The summed E-state index contributed by atoms with van der Waals surface area (Å²) >= 11 is 8.93. The second-order valence-electron chi connectivity index (χ2n) is 2.83. The number of aliphatic hydroxyl groups excluding tert-OH is 1. The van der Waals surface area contributed by atoms with E-state index in [1.54, 1.807) is 19.1 Å². The standard InChI is InChI=1S/C9H8BrClO3/c1-4-2-3-5(11)7(10)6(4)8(12)9(13)14/h2-3,8,12H,1H3,(H,13,14). The summed E-state index contributed by atoms with van der Waals surface area (Å²) < 4.78 is 0.425. The number of aryl methyl sites for hydroxylation is 1. The van der Waals surface area contributed by atoms with E-state index in [9.17, 15) is 9.90 Å². The van der Waals surface area contributed by atoms with Gasteiger partial charge in [0.15, 0.2) is 6.10 Å². The van der Waals surface area contributed by atoms with Crippen LogP contribution in [0.1, 0.15) is 17.2 Å². The number of aliphatic hydroxyl groups is 1. The molecule has 0 amide bonds. The lowest BCUT2D eigenvalue weighted by Gasteiger charge is -2.12. The van der Waals surface area contributed by atoms with E-state index in [-0.39, 0.29) is 0 Å². The van der Waals surface area contributed by atoms with E-state index in [1.165, 1.54) is 0 Å². The molecule has 3 nitrogen and oxygen atoms in total. The summed E-state index contributed by atoms with van der Waals surface area (Å²) in [5.41, 5.74) is 0.973. The molecule has 1 atom stereocenters. The van der Waals surface area contributed by atoms with E-state index < -0.39 is 12.1 Å². The molecule has 1 aromatic rings. The Kier molecular flexibility index (Phi) is 3.53. The molecule has 0 saturated carbocycles. The highest BCUT2D eigenvalue weighted by atomic mass is 79.9. The first-order chi connectivity index (χ1) is 6.45. The van der Waals surface area contributed by atoms with Crippen LogP contribution in [-0.4, -0.2) is 16.2 Å². The first-order valence-corrected chi connectivity index (χ1v) is 4.97. The Morgan fingerprint density at radius 1 is 1.57 bits per heavy atom. The van der Waals surface area contributed by atoms with Crippen LogP contribution in [-0.2, 0) is 4.79 Å². The van der Waals surface area contributed by atoms with Gasteiger partial charge < -0.3 is 10.2 Å². The fraction of sp³-hybridized carbons (Fsp3) is 0.222. The predicted molar refractivity (Wildman–Crippen MR) is 56.5 cm³/mol. The smallest absolute Gasteiger partial charge is 0.337 e. The molecule has 0 heterocycles. The summed E-state index contributed by atoms with van der Waals surface area (Å²) in [6.45, 7) is 1.71. The number of benzene rings is 1. The largest absolute Gasteiger partial charge is 0.479 e. The average Bonchev–Trinajstić information content (AvgIpc) is 2.12. The number of hydrogen-bond donors (Lipinski definition) is 2. The molecule has 0 aliphatic rings. The quantitative estimate of drug-likeness (QED) is 0.874. The van der Waals surface area contributed by atoms with Gasteiger partial charge in [-0.1, -0.05) is 17.7 Å². The molecule has 1 rings (SSSR count). The molecule has 1 unspecified atom stereocenters. The molecule has 0 aromatic heterocycles. The van der Waals surface area contributed by atoms with Gasteiger partial charge in [0, 0.05) is 10.0 Å². The summed E-state index contributed by atoms with van der Waals surface area (Å²) in [6, 6.07) is 3.30. The summed E-state index contributed by atoms with van der Waals surface area (Å²) in [5, 5.41) is 18.4. The van der Waals surface area contributed by atoms with Crippen LogP contribution in [0.4, 0.5) is 0 Å². The molecule has 0 fully saturated rings. The van der Waals surface area contributed by atoms with Gasteiger partial charge in [0.05, 0.1) is 5.02 Å². The van der Waals surface area contributed by atoms with Crippen LogP contribution in [0.3, 0.4) is 0 Å². The van der Waals surface area contributed by atoms with Crippen LogP contribution in [0.25, 0.3) is 0 Å². The number of aliphatic carboxylic acids is 1. The van der Waals surface area contributed by atoms with Crippen LogP contribution < -0.4 is 0 Å². The van der Waals surface area contributed by atoms with Crippen molar-refractivity contribution in [3.05, 3.63) is 32.8 Å². The molecule has 0 spiro atoms. The zero-order valence-corrected chi connectivity index (χ0v) is 9.63. The molecule has 0 radical (unpaired) electrons. The Labute approximate surface area is 94.4 Å². The third-order valence-corrected chi connectivity index (χ3v) is 3.26. The zero-order chi connectivity index (χ0) is 10.9. The maximum Gasteiger partial charge on any atom is 0.337 e. The highest BCUT2D eigenvalue weighted by Crippen LogP contribution is 2.33. The van der Waals surface area contributed by atoms with E-state index in [0.29, 0.717) is 20.6 Å². The van der Waals surface area contributed by atoms with Crippen LogP contribution in [0, 0.1) is 6.92 Å². The molecule has 2 N–H and O–H groups in total. The van der Waals surface area contributed by atoms with E-state index in [4.69, 9.17) is 16.7 Å². The fourth-order valence-electron chi connectivity index (χ4n) is 1.12. The van der Waals surface area contributed by atoms with E-state index in [0.717, 1.165) is 0 Å². The molecule has 14 heavy (non-hydrogen) atoms. The Hall–Kier alpha value is -0.580. The topological polar surface area (TPSA) is 57.5 Å². The molecule has 0 aliphatic carbocycles. The zero-order valence-electron chi connectivity index (χ0n) is 7.29. The third-order valence-electron chi connectivity index (χ3n) is 1.86. The second kappa shape index (κ2) is 4.29. The van der Waals surface area contributed by atoms with Gasteiger partial charge in [0.2, 0.25) is 0 Å². The maximum atomic E-state index is 10.6. The SMILES string of the molecule is Cc1ccc(Cl)c(Br)c1C(O)C(=O)O. The number of hydrogen-bond acceptors (Lipinski definition) is 2. The van der Waals surface area contributed by atoms with E-state index in [2.05, 4.69) is 15.9 Å². The highest BCUT2D eigenvalue weighted by molar-refractivity contribution is 9.10. The molecule has 0 bridgehead atoms. The first kappa shape index (κ1) is 11.5. The number of carboxylic acid groups (broad SMARTS) is 1. The van der Waals surface area contributed by atoms with Crippen LogP contribution in [0.5, 0.6) is 0 Å². The third kappa shape index (κ3) is 2.08. The Balaban J connectivity index is 3.32. The lowest BCUT2D eigenvalue weighted by Crippen LogP contribution is -2.12. The van der Waals surface area contributed by atoms with Gasteiger partial charge >= 0.3 is 5.97 Å². The van der Waals surface area contributed by atoms with Crippen molar-refractivity contribution in [1.82, 2.24) is 0 Å².